The van der Waals surface area contributed by atoms with Crippen LogP contribution in [-0.4, -0.2) is 31.0 Å². The summed E-state index contributed by atoms with van der Waals surface area (Å²) in [4.78, 5) is 29.0. The number of nitrogens with zero attached hydrogens (tertiary/aromatic N) is 2. The molecule has 0 aliphatic carbocycles. The number of H-pyrrole nitrogens is 2. The number of rotatable bonds is 6. The molecule has 2 aliphatic rings. The van der Waals surface area contributed by atoms with Gasteiger partial charge in [-0.1, -0.05) is 20.8 Å². The minimum absolute atomic E-state index is 0.155. The van der Waals surface area contributed by atoms with Crippen molar-refractivity contribution in [3.8, 4) is 0 Å². The average molecular weight is 525 g/mol. The first kappa shape index (κ1) is 26.9. The molecule has 0 saturated carbocycles. The maximum Gasteiger partial charge on any atom is 0.303 e. The van der Waals surface area contributed by atoms with Crippen LogP contribution >= 0.6 is 0 Å². The van der Waals surface area contributed by atoms with Gasteiger partial charge in [0.05, 0.1) is 11.4 Å². The minimum atomic E-state index is -0.749. The molecule has 3 N–H and O–H groups in total. The molecule has 2 aliphatic heterocycles. The molecule has 0 spiro atoms. The van der Waals surface area contributed by atoms with Gasteiger partial charge >= 0.3 is 5.97 Å². The van der Waals surface area contributed by atoms with E-state index in [1.807, 2.05) is 0 Å². The van der Waals surface area contributed by atoms with Gasteiger partial charge in [-0.25, -0.2) is 4.98 Å². The Bertz CT molecular complexity index is 1650. The van der Waals surface area contributed by atoms with Crippen LogP contribution in [0.2, 0.25) is 0 Å². The maximum absolute atomic E-state index is 11.3. The molecule has 6 heteroatoms. The number of carboxylic acid groups (broad SMARTS) is 1. The fourth-order valence-electron chi connectivity index (χ4n) is 6.38. The average Bonchev–Trinajstić information content (AvgIpc) is 3.59. The molecule has 2 atom stereocenters. The topological polar surface area (TPSA) is 94.7 Å². The molecule has 5 heterocycles. The van der Waals surface area contributed by atoms with Gasteiger partial charge in [-0.15, -0.1) is 0 Å². The summed E-state index contributed by atoms with van der Waals surface area (Å²) >= 11 is 0. The number of aromatic amines is 2. The van der Waals surface area contributed by atoms with Gasteiger partial charge in [0.1, 0.15) is 0 Å². The van der Waals surface area contributed by atoms with Gasteiger partial charge in [-0.05, 0) is 111 Å². The fraction of sp³-hybridized carbons (Fsp3) is 0.424. The lowest BCUT2D eigenvalue weighted by atomic mass is 9.85. The first-order valence-corrected chi connectivity index (χ1v) is 14.3. The molecule has 3 aromatic rings. The summed E-state index contributed by atoms with van der Waals surface area (Å²) in [6.45, 7) is 15.3. The normalized spacial score (nSPS) is 16.9. The number of allylic oxidation sites excluding steroid dienone is 1. The highest BCUT2D eigenvalue weighted by Gasteiger charge is 2.31. The summed E-state index contributed by atoms with van der Waals surface area (Å²) in [6, 6.07) is 6.64. The minimum Gasteiger partial charge on any atom is -0.481 e. The van der Waals surface area contributed by atoms with E-state index in [2.05, 4.69) is 82.7 Å². The van der Waals surface area contributed by atoms with Crippen molar-refractivity contribution in [2.24, 2.45) is 0 Å². The number of aliphatic carboxylic acids is 1. The van der Waals surface area contributed by atoms with Crippen molar-refractivity contribution in [3.63, 3.8) is 0 Å². The number of aromatic nitrogens is 4. The van der Waals surface area contributed by atoms with Crippen LogP contribution in [0.1, 0.15) is 109 Å². The largest absolute Gasteiger partial charge is 0.481 e. The van der Waals surface area contributed by atoms with E-state index in [1.54, 1.807) is 0 Å². The Balaban J connectivity index is 1.87. The third-order valence-electron chi connectivity index (χ3n) is 8.81. The number of hydrogen-bond acceptors (Lipinski definition) is 3. The molecule has 204 valence electrons. The van der Waals surface area contributed by atoms with Gasteiger partial charge in [0, 0.05) is 51.7 Å². The van der Waals surface area contributed by atoms with E-state index in [0.29, 0.717) is 6.42 Å². The molecule has 5 rings (SSSR count). The van der Waals surface area contributed by atoms with E-state index in [0.717, 1.165) is 75.2 Å². The molecular formula is C33H40N4O2. The zero-order valence-corrected chi connectivity index (χ0v) is 24.2. The second-order valence-electron chi connectivity index (χ2n) is 11.2. The van der Waals surface area contributed by atoms with Crippen LogP contribution in [0.5, 0.6) is 0 Å². The molecule has 3 aromatic heterocycles. The first-order valence-electron chi connectivity index (χ1n) is 14.3. The Labute approximate surface area is 230 Å². The van der Waals surface area contributed by atoms with Gasteiger partial charge < -0.3 is 15.1 Å². The highest BCUT2D eigenvalue weighted by Crippen LogP contribution is 2.42. The maximum atomic E-state index is 11.3. The summed E-state index contributed by atoms with van der Waals surface area (Å²) < 4.78 is 0. The second kappa shape index (κ2) is 10.5. The van der Waals surface area contributed by atoms with E-state index in [9.17, 15) is 9.90 Å². The number of aryl methyl sites for hydroxylation is 4. The molecule has 0 aromatic carbocycles. The highest BCUT2D eigenvalue weighted by molar-refractivity contribution is 5.85. The van der Waals surface area contributed by atoms with Gasteiger partial charge in [-0.2, -0.15) is 0 Å². The standard InChI is InChI=1S/C33H40N4O2/c1-8-22-19(5)28-16-31-23(9-2)18(4)27(35-31)15-29-20(6)24(11-10-12-32(38)39)33(37-29)21(7)26-13-17(3)25(34-26)14-30(22)36-28/h13-16,20,24,35-36H,8-12H2,1-7H3,(H,38,39)/t20-,24?/m0/s1. The molecule has 1 unspecified atom stereocenters. The van der Waals surface area contributed by atoms with E-state index in [4.69, 9.17) is 9.97 Å². The SMILES string of the molecule is CCc1c(C)c2cc3[nH]c(cc4nc(c(C)c5nc(cc1[nH]2)C(C)=C5)C(CCCC(=O)O)[C@@H]4C)c(C)c3CC. The van der Waals surface area contributed by atoms with Crippen molar-refractivity contribution in [2.75, 3.05) is 0 Å². The predicted octanol–water partition coefficient (Wildman–Crippen LogP) is 8.07. The van der Waals surface area contributed by atoms with Crippen molar-refractivity contribution < 1.29 is 9.90 Å². The van der Waals surface area contributed by atoms with Gasteiger partial charge in [0.15, 0.2) is 0 Å². The van der Waals surface area contributed by atoms with E-state index < -0.39 is 5.97 Å². The number of hydrogen-bond donors (Lipinski definition) is 3. The smallest absolute Gasteiger partial charge is 0.303 e. The summed E-state index contributed by atoms with van der Waals surface area (Å²) in [5.74, 6) is -0.411. The number of carbonyl (C=O) groups is 1. The molecule has 39 heavy (non-hydrogen) atoms. The Morgan fingerprint density at radius 3 is 2.10 bits per heavy atom. The summed E-state index contributed by atoms with van der Waals surface area (Å²) in [5, 5.41) is 9.27. The lowest BCUT2D eigenvalue weighted by Crippen LogP contribution is -2.05. The monoisotopic (exact) mass is 524 g/mol. The summed E-state index contributed by atoms with van der Waals surface area (Å²) in [5.41, 5.74) is 15.8. The van der Waals surface area contributed by atoms with E-state index in [-0.39, 0.29) is 18.3 Å². The highest BCUT2D eigenvalue weighted by atomic mass is 16.4. The van der Waals surface area contributed by atoms with Crippen LogP contribution < -0.4 is 0 Å². The number of nitrogens with one attached hydrogen (secondary N) is 2. The summed E-state index contributed by atoms with van der Waals surface area (Å²) in [7, 11) is 0. The van der Waals surface area contributed by atoms with Crippen molar-refractivity contribution >= 4 is 39.7 Å². The van der Waals surface area contributed by atoms with E-state index >= 15 is 0 Å². The van der Waals surface area contributed by atoms with Gasteiger partial charge in [0.25, 0.3) is 0 Å². The molecular weight excluding hydrogens is 484 g/mol. The van der Waals surface area contributed by atoms with Crippen LogP contribution in [0, 0.1) is 20.8 Å². The molecule has 0 amide bonds. The zero-order chi connectivity index (χ0) is 28.0. The van der Waals surface area contributed by atoms with Crippen LogP contribution in [0.15, 0.2) is 18.2 Å². The van der Waals surface area contributed by atoms with E-state index in [1.165, 1.54) is 22.3 Å². The third-order valence-corrected chi connectivity index (χ3v) is 8.81. The van der Waals surface area contributed by atoms with Crippen molar-refractivity contribution in [2.45, 2.75) is 92.4 Å². The quantitative estimate of drug-likeness (QED) is 0.304. The number of carboxylic acids is 1. The lowest BCUT2D eigenvalue weighted by molar-refractivity contribution is -0.137. The Kier molecular flexibility index (Phi) is 7.23. The van der Waals surface area contributed by atoms with Gasteiger partial charge in [-0.3, -0.25) is 9.78 Å². The Hall–Kier alpha value is -3.67. The Morgan fingerprint density at radius 1 is 0.872 bits per heavy atom. The molecule has 8 bridgehead atoms. The first-order chi connectivity index (χ1) is 18.6. The molecule has 6 nitrogen and oxygen atoms in total. The van der Waals surface area contributed by atoms with Crippen molar-refractivity contribution in [3.05, 3.63) is 68.8 Å². The zero-order valence-electron chi connectivity index (χ0n) is 24.2. The predicted molar refractivity (Wildman–Crippen MR) is 160 cm³/mol. The molecule has 0 radical (unpaired) electrons. The fourth-order valence-corrected chi connectivity index (χ4v) is 6.38. The Morgan fingerprint density at radius 2 is 1.49 bits per heavy atom. The second-order valence-corrected chi connectivity index (χ2v) is 11.2. The van der Waals surface area contributed by atoms with Crippen molar-refractivity contribution in [1.82, 2.24) is 19.9 Å². The number of fused-ring (bicyclic) bond motifs is 8. The van der Waals surface area contributed by atoms with Crippen LogP contribution in [0.3, 0.4) is 0 Å². The van der Waals surface area contributed by atoms with Crippen LogP contribution in [0.4, 0.5) is 0 Å². The lowest BCUT2D eigenvalue weighted by Gasteiger charge is -2.16. The van der Waals surface area contributed by atoms with Crippen LogP contribution in [-0.2, 0) is 17.6 Å². The molecule has 0 fully saturated rings. The molecule has 0 saturated heterocycles. The van der Waals surface area contributed by atoms with Gasteiger partial charge in [0.2, 0.25) is 0 Å². The van der Waals surface area contributed by atoms with Crippen molar-refractivity contribution in [1.29, 1.82) is 0 Å². The van der Waals surface area contributed by atoms with Crippen LogP contribution in [0.25, 0.3) is 33.7 Å². The third kappa shape index (κ3) is 4.81. The summed E-state index contributed by atoms with van der Waals surface area (Å²) in [6.07, 6.45) is 5.62.